The Kier molecular flexibility index (Phi) is 7.02. The van der Waals surface area contributed by atoms with Crippen LogP contribution in [-0.4, -0.2) is 84.2 Å². The fourth-order valence-electron chi connectivity index (χ4n) is 3.47. The average molecular weight is 371 g/mol. The highest BCUT2D eigenvalue weighted by Crippen LogP contribution is 2.19. The van der Waals surface area contributed by atoms with Gasteiger partial charge >= 0.3 is 0 Å². The highest BCUT2D eigenvalue weighted by atomic mass is 16.5. The van der Waals surface area contributed by atoms with Crippen LogP contribution < -0.4 is 4.90 Å². The fourth-order valence-corrected chi connectivity index (χ4v) is 3.47. The molecule has 1 amide bonds. The summed E-state index contributed by atoms with van der Waals surface area (Å²) >= 11 is 0. The third-order valence-corrected chi connectivity index (χ3v) is 5.16. The molecule has 0 aromatic carbocycles. The largest absolute Gasteiger partial charge is 0.365 e. The number of carbonyl (C=O) groups is 1. The van der Waals surface area contributed by atoms with Crippen molar-refractivity contribution in [1.82, 2.24) is 19.8 Å². The number of piperazine rings is 1. The van der Waals surface area contributed by atoms with Crippen LogP contribution in [-0.2, 0) is 9.53 Å². The van der Waals surface area contributed by atoms with Crippen molar-refractivity contribution >= 4 is 11.7 Å². The number of aromatic nitrogens is 2. The van der Waals surface area contributed by atoms with E-state index in [1.54, 1.807) is 6.92 Å². The molecule has 0 saturated carbocycles. The third-order valence-electron chi connectivity index (χ3n) is 5.16. The number of hydrogen-bond acceptors (Lipinski definition) is 6. The molecule has 0 bridgehead atoms. The molecule has 0 N–H and O–H groups in total. The average Bonchev–Trinajstić information content (AvgIpc) is 2.68. The van der Waals surface area contributed by atoms with Gasteiger partial charge in [0.1, 0.15) is 18.2 Å². The highest BCUT2D eigenvalue weighted by molar-refractivity contribution is 5.73. The molecular weight excluding hydrogens is 342 g/mol. The Morgan fingerprint density at radius 2 is 1.93 bits per heavy atom. The van der Waals surface area contributed by atoms with Gasteiger partial charge in [0.15, 0.2) is 0 Å². The van der Waals surface area contributed by atoms with Gasteiger partial charge in [-0.1, -0.05) is 11.8 Å². The van der Waals surface area contributed by atoms with Crippen molar-refractivity contribution in [2.45, 2.75) is 32.8 Å². The first-order chi connectivity index (χ1) is 13.1. The minimum Gasteiger partial charge on any atom is -0.365 e. The van der Waals surface area contributed by atoms with E-state index < -0.39 is 0 Å². The van der Waals surface area contributed by atoms with Crippen molar-refractivity contribution < 1.29 is 9.53 Å². The normalized spacial score (nSPS) is 18.9. The second-order valence-corrected chi connectivity index (χ2v) is 7.10. The van der Waals surface area contributed by atoms with E-state index in [-0.39, 0.29) is 12.0 Å². The van der Waals surface area contributed by atoms with Crippen molar-refractivity contribution in [3.05, 3.63) is 18.1 Å². The summed E-state index contributed by atoms with van der Waals surface area (Å²) in [6.45, 7) is 10.1. The lowest BCUT2D eigenvalue weighted by atomic mass is 10.1. The number of rotatable bonds is 4. The summed E-state index contributed by atoms with van der Waals surface area (Å²) in [6.07, 6.45) is 4.09. The zero-order valence-corrected chi connectivity index (χ0v) is 16.4. The lowest BCUT2D eigenvalue weighted by molar-refractivity contribution is -0.130. The maximum absolute atomic E-state index is 11.3. The lowest BCUT2D eigenvalue weighted by Crippen LogP contribution is -2.47. The molecule has 1 aromatic heterocycles. The first-order valence-electron chi connectivity index (χ1n) is 9.71. The first kappa shape index (κ1) is 19.6. The number of ether oxygens (including phenoxy) is 1. The molecule has 3 heterocycles. The van der Waals surface area contributed by atoms with Gasteiger partial charge in [0.2, 0.25) is 5.91 Å². The van der Waals surface area contributed by atoms with Crippen LogP contribution >= 0.6 is 0 Å². The van der Waals surface area contributed by atoms with Gasteiger partial charge < -0.3 is 14.5 Å². The Bertz CT molecular complexity index is 683. The van der Waals surface area contributed by atoms with Crippen LogP contribution in [0.2, 0.25) is 0 Å². The topological polar surface area (TPSA) is 61.8 Å². The van der Waals surface area contributed by atoms with E-state index in [0.29, 0.717) is 6.61 Å². The van der Waals surface area contributed by atoms with Gasteiger partial charge in [-0.2, -0.15) is 0 Å². The molecule has 2 aliphatic heterocycles. The number of anilines is 1. The number of carbonyl (C=O) groups excluding carboxylic acids is 1. The van der Waals surface area contributed by atoms with Gasteiger partial charge in [0.05, 0.1) is 12.6 Å². The second kappa shape index (κ2) is 9.67. The van der Waals surface area contributed by atoms with E-state index in [4.69, 9.17) is 4.74 Å². The maximum atomic E-state index is 11.3. The Morgan fingerprint density at radius 3 is 2.59 bits per heavy atom. The van der Waals surface area contributed by atoms with E-state index in [2.05, 4.69) is 31.6 Å². The van der Waals surface area contributed by atoms with Gasteiger partial charge in [-0.05, 0) is 25.8 Å². The molecule has 2 aliphatic rings. The molecule has 3 rings (SSSR count). The van der Waals surface area contributed by atoms with E-state index >= 15 is 0 Å². The zero-order valence-electron chi connectivity index (χ0n) is 16.4. The van der Waals surface area contributed by atoms with Crippen molar-refractivity contribution in [3.8, 4) is 11.8 Å². The summed E-state index contributed by atoms with van der Waals surface area (Å²) in [7, 11) is 0. The highest BCUT2D eigenvalue weighted by Gasteiger charge is 2.20. The molecule has 27 heavy (non-hydrogen) atoms. The molecule has 0 unspecified atom stereocenters. The molecule has 0 atom stereocenters. The summed E-state index contributed by atoms with van der Waals surface area (Å²) in [5.74, 6) is 8.31. The molecular formula is C20H29N5O2. The summed E-state index contributed by atoms with van der Waals surface area (Å²) in [5, 5.41) is 0. The zero-order chi connectivity index (χ0) is 19.1. The number of nitrogens with zero attached hydrogens (tertiary/aromatic N) is 5. The van der Waals surface area contributed by atoms with E-state index in [1.165, 1.54) is 0 Å². The SMILES string of the molecule is CC(=O)N1CCN(CC#CCOC2CCN(c3ccnc(C)n3)CC2)CC1. The van der Waals surface area contributed by atoms with Crippen molar-refractivity contribution in [1.29, 1.82) is 0 Å². The van der Waals surface area contributed by atoms with Crippen LogP contribution in [0.15, 0.2) is 12.3 Å². The third kappa shape index (κ3) is 5.91. The standard InChI is InChI=1S/C20H29N5O2/c1-17-21-8-5-20(22-17)25-10-6-19(7-11-25)27-16-4-3-9-23-12-14-24(15-13-23)18(2)26/h5,8,19H,6-7,9-16H2,1-2H3. The molecule has 2 fully saturated rings. The van der Waals surface area contributed by atoms with Crippen LogP contribution in [0.25, 0.3) is 0 Å². The second-order valence-electron chi connectivity index (χ2n) is 7.10. The Balaban J connectivity index is 1.31. The van der Waals surface area contributed by atoms with Gasteiger partial charge in [-0.3, -0.25) is 9.69 Å². The van der Waals surface area contributed by atoms with Crippen LogP contribution in [0, 0.1) is 18.8 Å². The van der Waals surface area contributed by atoms with E-state index in [1.807, 2.05) is 24.1 Å². The van der Waals surface area contributed by atoms with Gasteiger partial charge in [-0.15, -0.1) is 0 Å². The minimum atomic E-state index is 0.162. The predicted octanol–water partition coefficient (Wildman–Crippen LogP) is 0.938. The molecule has 1 aromatic rings. The van der Waals surface area contributed by atoms with Crippen LogP contribution in [0.4, 0.5) is 5.82 Å². The number of aryl methyl sites for hydroxylation is 1. The molecule has 0 aliphatic carbocycles. The fraction of sp³-hybridized carbons (Fsp3) is 0.650. The maximum Gasteiger partial charge on any atom is 0.219 e. The molecule has 2 saturated heterocycles. The summed E-state index contributed by atoms with van der Waals surface area (Å²) in [6, 6.07) is 1.97. The molecule has 0 radical (unpaired) electrons. The molecule has 7 nitrogen and oxygen atoms in total. The summed E-state index contributed by atoms with van der Waals surface area (Å²) in [4.78, 5) is 26.4. The van der Waals surface area contributed by atoms with Crippen LogP contribution in [0.5, 0.6) is 0 Å². The molecule has 146 valence electrons. The monoisotopic (exact) mass is 371 g/mol. The van der Waals surface area contributed by atoms with Crippen molar-refractivity contribution in [2.75, 3.05) is 57.3 Å². The smallest absolute Gasteiger partial charge is 0.219 e. The first-order valence-corrected chi connectivity index (χ1v) is 9.71. The van der Waals surface area contributed by atoms with Crippen molar-refractivity contribution in [3.63, 3.8) is 0 Å². The van der Waals surface area contributed by atoms with E-state index in [0.717, 1.165) is 70.3 Å². The number of hydrogen-bond donors (Lipinski definition) is 0. The van der Waals surface area contributed by atoms with Crippen LogP contribution in [0.3, 0.4) is 0 Å². The van der Waals surface area contributed by atoms with Crippen LogP contribution in [0.1, 0.15) is 25.6 Å². The minimum absolute atomic E-state index is 0.162. The van der Waals surface area contributed by atoms with E-state index in [9.17, 15) is 4.79 Å². The number of piperidine rings is 1. The summed E-state index contributed by atoms with van der Waals surface area (Å²) < 4.78 is 5.92. The molecule has 7 heteroatoms. The Labute approximate surface area is 161 Å². The van der Waals surface area contributed by atoms with Gasteiger partial charge in [0, 0.05) is 52.4 Å². The van der Waals surface area contributed by atoms with Gasteiger partial charge in [-0.25, -0.2) is 9.97 Å². The quantitative estimate of drug-likeness (QED) is 0.734. The molecule has 0 spiro atoms. The predicted molar refractivity (Wildman–Crippen MR) is 104 cm³/mol. The van der Waals surface area contributed by atoms with Gasteiger partial charge in [0.25, 0.3) is 0 Å². The number of amides is 1. The lowest BCUT2D eigenvalue weighted by Gasteiger charge is -2.33. The summed E-state index contributed by atoms with van der Waals surface area (Å²) in [5.41, 5.74) is 0. The van der Waals surface area contributed by atoms with Crippen molar-refractivity contribution in [2.24, 2.45) is 0 Å². The Hall–Kier alpha value is -2.17. The Morgan fingerprint density at radius 1 is 1.19 bits per heavy atom.